The summed E-state index contributed by atoms with van der Waals surface area (Å²) in [7, 11) is 0. The summed E-state index contributed by atoms with van der Waals surface area (Å²) >= 11 is 0. The molecule has 0 bridgehead atoms. The standard InChI is InChI=1S/C13H11N3O4/c14-12(19)11-13(16-7-15-11)20-10(18)6-3-8-1-4-9(17)5-2-8/h1-7,17H,(H2,14,19)(H,15,16)/b6-3+. The van der Waals surface area contributed by atoms with Crippen molar-refractivity contribution in [3.8, 4) is 11.6 Å². The van der Waals surface area contributed by atoms with Crippen molar-refractivity contribution in [2.75, 3.05) is 0 Å². The molecule has 2 aromatic rings. The van der Waals surface area contributed by atoms with Crippen molar-refractivity contribution >= 4 is 18.0 Å². The molecule has 0 saturated heterocycles. The summed E-state index contributed by atoms with van der Waals surface area (Å²) in [4.78, 5) is 28.7. The number of ether oxygens (including phenoxy) is 1. The predicted molar refractivity (Wildman–Crippen MR) is 69.9 cm³/mol. The highest BCUT2D eigenvalue weighted by Gasteiger charge is 2.14. The monoisotopic (exact) mass is 273 g/mol. The molecule has 0 radical (unpaired) electrons. The van der Waals surface area contributed by atoms with Crippen LogP contribution in [0.1, 0.15) is 16.1 Å². The number of nitrogens with zero attached hydrogens (tertiary/aromatic N) is 1. The highest BCUT2D eigenvalue weighted by atomic mass is 16.5. The Hall–Kier alpha value is -3.09. The van der Waals surface area contributed by atoms with Gasteiger partial charge in [-0.15, -0.1) is 0 Å². The number of esters is 1. The van der Waals surface area contributed by atoms with Gasteiger partial charge in [0.15, 0.2) is 5.69 Å². The maximum atomic E-state index is 11.6. The van der Waals surface area contributed by atoms with Crippen LogP contribution in [0.2, 0.25) is 0 Å². The number of phenols is 1. The lowest BCUT2D eigenvalue weighted by atomic mass is 10.2. The number of aromatic amines is 1. The first-order chi connectivity index (χ1) is 9.56. The molecule has 102 valence electrons. The summed E-state index contributed by atoms with van der Waals surface area (Å²) in [6.07, 6.45) is 3.87. The van der Waals surface area contributed by atoms with Crippen molar-refractivity contribution in [1.29, 1.82) is 0 Å². The zero-order valence-electron chi connectivity index (χ0n) is 10.2. The van der Waals surface area contributed by atoms with Crippen LogP contribution in [0.3, 0.4) is 0 Å². The third-order valence-corrected chi connectivity index (χ3v) is 2.35. The number of carbonyl (C=O) groups is 2. The fourth-order valence-corrected chi connectivity index (χ4v) is 1.41. The van der Waals surface area contributed by atoms with Crippen molar-refractivity contribution in [3.05, 3.63) is 47.9 Å². The minimum absolute atomic E-state index is 0.0728. The van der Waals surface area contributed by atoms with Crippen molar-refractivity contribution in [3.63, 3.8) is 0 Å². The fourth-order valence-electron chi connectivity index (χ4n) is 1.41. The molecular weight excluding hydrogens is 262 g/mol. The molecule has 0 atom stereocenters. The van der Waals surface area contributed by atoms with Gasteiger partial charge in [0.05, 0.1) is 6.33 Å². The van der Waals surface area contributed by atoms with E-state index in [1.165, 1.54) is 30.6 Å². The molecule has 7 heteroatoms. The average Bonchev–Trinajstić information content (AvgIpc) is 2.86. The van der Waals surface area contributed by atoms with Crippen molar-refractivity contribution in [2.24, 2.45) is 5.73 Å². The lowest BCUT2D eigenvalue weighted by Gasteiger charge is -1.98. The molecule has 0 aliphatic rings. The summed E-state index contributed by atoms with van der Waals surface area (Å²) in [5, 5.41) is 9.12. The Morgan fingerprint density at radius 3 is 2.65 bits per heavy atom. The lowest BCUT2D eigenvalue weighted by Crippen LogP contribution is -2.14. The zero-order chi connectivity index (χ0) is 14.5. The van der Waals surface area contributed by atoms with Gasteiger partial charge >= 0.3 is 5.97 Å². The highest BCUT2D eigenvalue weighted by Crippen LogP contribution is 2.13. The third kappa shape index (κ3) is 3.22. The second-order valence-electron chi connectivity index (χ2n) is 3.79. The Morgan fingerprint density at radius 1 is 1.30 bits per heavy atom. The number of H-pyrrole nitrogens is 1. The van der Waals surface area contributed by atoms with Gasteiger partial charge in [-0.2, -0.15) is 0 Å². The van der Waals surface area contributed by atoms with E-state index in [9.17, 15) is 9.59 Å². The molecule has 4 N–H and O–H groups in total. The number of imidazole rings is 1. The van der Waals surface area contributed by atoms with Crippen LogP contribution in [-0.4, -0.2) is 27.0 Å². The first-order valence-corrected chi connectivity index (χ1v) is 5.58. The molecule has 0 aliphatic carbocycles. The van der Waals surface area contributed by atoms with Gasteiger partial charge in [0.2, 0.25) is 0 Å². The number of hydrogen-bond donors (Lipinski definition) is 3. The quantitative estimate of drug-likeness (QED) is 0.563. The normalized spacial score (nSPS) is 10.6. The first kappa shape index (κ1) is 13.3. The molecule has 1 aromatic heterocycles. The Labute approximate surface area is 113 Å². The van der Waals surface area contributed by atoms with Gasteiger partial charge in [-0.3, -0.25) is 4.79 Å². The molecule has 0 spiro atoms. The average molecular weight is 273 g/mol. The largest absolute Gasteiger partial charge is 0.508 e. The van der Waals surface area contributed by atoms with Crippen molar-refractivity contribution < 1.29 is 19.4 Å². The maximum absolute atomic E-state index is 11.6. The molecular formula is C13H11N3O4. The van der Waals surface area contributed by atoms with E-state index in [4.69, 9.17) is 15.6 Å². The summed E-state index contributed by atoms with van der Waals surface area (Å²) in [6, 6.07) is 6.23. The van der Waals surface area contributed by atoms with E-state index in [0.717, 1.165) is 0 Å². The summed E-state index contributed by atoms with van der Waals surface area (Å²) < 4.78 is 4.87. The number of rotatable bonds is 4. The molecule has 0 saturated carbocycles. The molecule has 0 unspecified atom stereocenters. The Morgan fingerprint density at radius 2 is 2.00 bits per heavy atom. The highest BCUT2D eigenvalue weighted by molar-refractivity contribution is 5.95. The van der Waals surface area contributed by atoms with Crippen LogP contribution in [-0.2, 0) is 4.79 Å². The van der Waals surface area contributed by atoms with Gasteiger partial charge in [0, 0.05) is 6.08 Å². The molecule has 1 aromatic carbocycles. The van der Waals surface area contributed by atoms with Crippen LogP contribution < -0.4 is 10.5 Å². The van der Waals surface area contributed by atoms with Crippen molar-refractivity contribution in [2.45, 2.75) is 0 Å². The van der Waals surface area contributed by atoms with E-state index >= 15 is 0 Å². The van der Waals surface area contributed by atoms with Gasteiger partial charge in [0.25, 0.3) is 11.8 Å². The zero-order valence-corrected chi connectivity index (χ0v) is 10.2. The van der Waals surface area contributed by atoms with Crippen LogP contribution in [0.5, 0.6) is 11.6 Å². The number of nitrogens with one attached hydrogen (secondary N) is 1. The third-order valence-electron chi connectivity index (χ3n) is 2.35. The van der Waals surface area contributed by atoms with Crippen molar-refractivity contribution in [1.82, 2.24) is 9.97 Å². The van der Waals surface area contributed by atoms with Crippen LogP contribution in [0.15, 0.2) is 36.7 Å². The van der Waals surface area contributed by atoms with Crippen LogP contribution in [0.25, 0.3) is 6.08 Å². The number of benzene rings is 1. The number of primary amides is 1. The predicted octanol–water partition coefficient (Wildman–Crippen LogP) is 0.833. The second kappa shape index (κ2) is 5.70. The smallest absolute Gasteiger partial charge is 0.337 e. The van der Waals surface area contributed by atoms with Gasteiger partial charge in [-0.1, -0.05) is 12.1 Å². The SMILES string of the molecule is NC(=O)c1[nH]cnc1OC(=O)/C=C/c1ccc(O)cc1. The number of aromatic nitrogens is 2. The van der Waals surface area contributed by atoms with Gasteiger partial charge in [-0.25, -0.2) is 9.78 Å². The van der Waals surface area contributed by atoms with E-state index in [0.29, 0.717) is 5.56 Å². The lowest BCUT2D eigenvalue weighted by molar-refractivity contribution is -0.129. The molecule has 0 fully saturated rings. The minimum atomic E-state index is -0.771. The molecule has 0 aliphatic heterocycles. The molecule has 7 nitrogen and oxygen atoms in total. The molecule has 2 rings (SSSR count). The number of aromatic hydroxyl groups is 1. The minimum Gasteiger partial charge on any atom is -0.508 e. The Bertz CT molecular complexity index is 659. The van der Waals surface area contributed by atoms with Gasteiger partial charge in [0.1, 0.15) is 5.75 Å². The fraction of sp³-hybridized carbons (Fsp3) is 0. The van der Waals surface area contributed by atoms with E-state index in [1.54, 1.807) is 12.1 Å². The van der Waals surface area contributed by atoms with Gasteiger partial charge in [-0.05, 0) is 23.8 Å². The number of nitrogens with two attached hydrogens (primary N) is 1. The van der Waals surface area contributed by atoms with Gasteiger partial charge < -0.3 is 20.6 Å². The Balaban J connectivity index is 2.03. The number of phenolic OH excluding ortho intramolecular Hbond substituents is 1. The van der Waals surface area contributed by atoms with E-state index in [1.807, 2.05) is 0 Å². The van der Waals surface area contributed by atoms with Crippen LogP contribution in [0, 0.1) is 0 Å². The number of amides is 1. The number of carbonyl (C=O) groups excluding carboxylic acids is 2. The second-order valence-corrected chi connectivity index (χ2v) is 3.79. The summed E-state index contributed by atoms with van der Waals surface area (Å²) in [5.41, 5.74) is 5.70. The van der Waals surface area contributed by atoms with E-state index in [-0.39, 0.29) is 17.3 Å². The molecule has 20 heavy (non-hydrogen) atoms. The summed E-state index contributed by atoms with van der Waals surface area (Å²) in [5.74, 6) is -1.51. The Kier molecular flexibility index (Phi) is 3.80. The topological polar surface area (TPSA) is 118 Å². The summed E-state index contributed by atoms with van der Waals surface area (Å²) in [6.45, 7) is 0. The maximum Gasteiger partial charge on any atom is 0.337 e. The van der Waals surface area contributed by atoms with E-state index < -0.39 is 11.9 Å². The van der Waals surface area contributed by atoms with E-state index in [2.05, 4.69) is 9.97 Å². The van der Waals surface area contributed by atoms with Crippen LogP contribution in [0.4, 0.5) is 0 Å². The first-order valence-electron chi connectivity index (χ1n) is 5.58. The molecule has 1 amide bonds. The number of hydrogen-bond acceptors (Lipinski definition) is 5. The van der Waals surface area contributed by atoms with Crippen LogP contribution >= 0.6 is 0 Å². The molecule has 1 heterocycles.